The molecule has 0 aromatic heterocycles. The van der Waals surface area contributed by atoms with Crippen molar-refractivity contribution in [3.63, 3.8) is 0 Å². The summed E-state index contributed by atoms with van der Waals surface area (Å²) in [5.74, 6) is -1.47. The Kier molecular flexibility index (Phi) is 9.25. The smallest absolute Gasteiger partial charge is 0.264 e. The first kappa shape index (κ1) is 29.3. The second-order valence-electron chi connectivity index (χ2n) is 10.4. The monoisotopic (exact) mass is 565 g/mol. The van der Waals surface area contributed by atoms with Crippen molar-refractivity contribution in [2.45, 2.75) is 70.0 Å². The average Bonchev–Trinajstić information content (AvgIpc) is 3.44. The predicted molar refractivity (Wildman–Crippen MR) is 154 cm³/mol. The van der Waals surface area contributed by atoms with Crippen LogP contribution in [0.2, 0.25) is 0 Å². The number of aryl methyl sites for hydroxylation is 2. The van der Waals surface area contributed by atoms with Crippen molar-refractivity contribution in [2.24, 2.45) is 0 Å². The molecule has 7 nitrogen and oxygen atoms in total. The van der Waals surface area contributed by atoms with Crippen molar-refractivity contribution in [3.8, 4) is 0 Å². The fourth-order valence-corrected chi connectivity index (χ4v) is 6.46. The number of anilines is 1. The molecule has 212 valence electrons. The molecule has 0 saturated heterocycles. The first-order valence-corrected chi connectivity index (χ1v) is 15.0. The van der Waals surface area contributed by atoms with E-state index in [9.17, 15) is 22.4 Å². The van der Waals surface area contributed by atoms with Crippen LogP contribution in [-0.2, 0) is 26.2 Å². The number of hydrogen-bond donors (Lipinski definition) is 1. The average molecular weight is 566 g/mol. The van der Waals surface area contributed by atoms with Gasteiger partial charge in [-0.25, -0.2) is 12.8 Å². The van der Waals surface area contributed by atoms with Crippen LogP contribution < -0.4 is 9.62 Å². The molecule has 1 atom stereocenters. The maximum atomic E-state index is 14.7. The van der Waals surface area contributed by atoms with Crippen LogP contribution in [0.4, 0.5) is 10.1 Å². The molecule has 1 N–H and O–H groups in total. The molecule has 0 spiro atoms. The van der Waals surface area contributed by atoms with Crippen molar-refractivity contribution in [1.29, 1.82) is 0 Å². The molecular weight excluding hydrogens is 529 g/mol. The number of nitrogens with zero attached hydrogens (tertiary/aromatic N) is 2. The van der Waals surface area contributed by atoms with Gasteiger partial charge in [0.2, 0.25) is 11.8 Å². The van der Waals surface area contributed by atoms with Gasteiger partial charge in [0.15, 0.2) is 0 Å². The number of nitrogens with one attached hydrogen (secondary N) is 1. The van der Waals surface area contributed by atoms with Crippen molar-refractivity contribution < 1.29 is 22.4 Å². The highest BCUT2D eigenvalue weighted by molar-refractivity contribution is 7.92. The van der Waals surface area contributed by atoms with Crippen LogP contribution in [0.3, 0.4) is 0 Å². The number of hydrogen-bond acceptors (Lipinski definition) is 4. The van der Waals surface area contributed by atoms with Crippen LogP contribution in [0.15, 0.2) is 77.7 Å². The Morgan fingerprint density at radius 2 is 1.57 bits per heavy atom. The molecule has 1 saturated carbocycles. The fraction of sp³-hybridized carbons (Fsp3) is 0.355. The molecule has 0 heterocycles. The van der Waals surface area contributed by atoms with Gasteiger partial charge in [0.05, 0.1) is 10.6 Å². The summed E-state index contributed by atoms with van der Waals surface area (Å²) in [6, 6.07) is 18.5. The van der Waals surface area contributed by atoms with Crippen LogP contribution in [0.1, 0.15) is 49.3 Å². The predicted octanol–water partition coefficient (Wildman–Crippen LogP) is 5.11. The lowest BCUT2D eigenvalue weighted by Crippen LogP contribution is -2.52. The third-order valence-electron chi connectivity index (χ3n) is 7.44. The maximum Gasteiger partial charge on any atom is 0.264 e. The number of sulfonamides is 1. The van der Waals surface area contributed by atoms with Gasteiger partial charge in [0.25, 0.3) is 10.0 Å². The minimum absolute atomic E-state index is 0.0331. The standard InChI is InChI=1S/C31H36FN3O4S/c1-22-16-18-27(19-17-22)40(38,39)35(29-15-9-4-10-23(29)2)21-30(36)34(20-25-11-5-8-14-28(25)32)24(3)31(37)33-26-12-6-7-13-26/h4-5,8-11,14-19,24,26H,6-7,12-13,20-21H2,1-3H3,(H,33,37). The lowest BCUT2D eigenvalue weighted by atomic mass is 10.1. The Balaban J connectivity index is 1.70. The number of para-hydroxylation sites is 1. The topological polar surface area (TPSA) is 86.8 Å². The highest BCUT2D eigenvalue weighted by Gasteiger charge is 2.34. The molecule has 2 amide bonds. The Bertz CT molecular complexity index is 1450. The molecule has 1 fully saturated rings. The molecule has 9 heteroatoms. The zero-order valence-electron chi connectivity index (χ0n) is 23.1. The summed E-state index contributed by atoms with van der Waals surface area (Å²) in [4.78, 5) is 28.5. The van der Waals surface area contributed by atoms with E-state index in [0.717, 1.165) is 35.6 Å². The summed E-state index contributed by atoms with van der Waals surface area (Å²) in [7, 11) is -4.16. The quantitative estimate of drug-likeness (QED) is 0.370. The van der Waals surface area contributed by atoms with Gasteiger partial charge in [-0.05, 0) is 63.4 Å². The Labute approximate surface area is 236 Å². The van der Waals surface area contributed by atoms with E-state index >= 15 is 0 Å². The summed E-state index contributed by atoms with van der Waals surface area (Å²) in [5.41, 5.74) is 2.15. The summed E-state index contributed by atoms with van der Waals surface area (Å²) >= 11 is 0. The van der Waals surface area contributed by atoms with E-state index in [2.05, 4.69) is 5.32 Å². The highest BCUT2D eigenvalue weighted by atomic mass is 32.2. The molecule has 0 bridgehead atoms. The third kappa shape index (κ3) is 6.70. The molecule has 40 heavy (non-hydrogen) atoms. The van der Waals surface area contributed by atoms with Crippen molar-refractivity contribution >= 4 is 27.5 Å². The number of rotatable bonds is 10. The number of carbonyl (C=O) groups is 2. The molecule has 3 aromatic carbocycles. The SMILES string of the molecule is Cc1ccc(S(=O)(=O)N(CC(=O)N(Cc2ccccc2F)C(C)C(=O)NC2CCCC2)c2ccccc2C)cc1. The molecule has 1 aliphatic rings. The first-order valence-electron chi connectivity index (χ1n) is 13.6. The van der Waals surface area contributed by atoms with Gasteiger partial charge in [-0.2, -0.15) is 0 Å². The van der Waals surface area contributed by atoms with Crippen LogP contribution in [0.25, 0.3) is 0 Å². The molecular formula is C31H36FN3O4S. The summed E-state index contributed by atoms with van der Waals surface area (Å²) in [6.45, 7) is 4.48. The van der Waals surface area contributed by atoms with Gasteiger partial charge in [0.1, 0.15) is 18.4 Å². The Morgan fingerprint density at radius 1 is 0.950 bits per heavy atom. The molecule has 1 unspecified atom stereocenters. The minimum Gasteiger partial charge on any atom is -0.352 e. The summed E-state index contributed by atoms with van der Waals surface area (Å²) < 4.78 is 43.6. The molecule has 4 rings (SSSR count). The largest absolute Gasteiger partial charge is 0.352 e. The van der Waals surface area contributed by atoms with Crippen molar-refractivity contribution in [1.82, 2.24) is 10.2 Å². The van der Waals surface area contributed by atoms with Crippen LogP contribution >= 0.6 is 0 Å². The van der Waals surface area contributed by atoms with E-state index in [1.165, 1.54) is 23.1 Å². The number of carbonyl (C=O) groups excluding carboxylic acids is 2. The van der Waals surface area contributed by atoms with E-state index in [-0.39, 0.29) is 29.0 Å². The second-order valence-corrected chi connectivity index (χ2v) is 12.3. The van der Waals surface area contributed by atoms with Gasteiger partial charge in [-0.15, -0.1) is 0 Å². The lowest BCUT2D eigenvalue weighted by molar-refractivity contribution is -0.139. The number of benzene rings is 3. The minimum atomic E-state index is -4.16. The van der Waals surface area contributed by atoms with E-state index in [4.69, 9.17) is 0 Å². The van der Waals surface area contributed by atoms with Gasteiger partial charge >= 0.3 is 0 Å². The Morgan fingerprint density at radius 3 is 2.23 bits per heavy atom. The van der Waals surface area contributed by atoms with Gasteiger partial charge in [-0.3, -0.25) is 13.9 Å². The maximum absolute atomic E-state index is 14.7. The van der Waals surface area contributed by atoms with E-state index in [1.807, 2.05) is 6.92 Å². The van der Waals surface area contributed by atoms with Crippen LogP contribution in [-0.4, -0.2) is 43.8 Å². The van der Waals surface area contributed by atoms with Crippen molar-refractivity contribution in [3.05, 3.63) is 95.3 Å². The molecule has 0 radical (unpaired) electrons. The molecule has 3 aromatic rings. The van der Waals surface area contributed by atoms with Crippen LogP contribution in [0.5, 0.6) is 0 Å². The third-order valence-corrected chi connectivity index (χ3v) is 9.21. The van der Waals surface area contributed by atoms with Gasteiger partial charge in [0, 0.05) is 18.2 Å². The van der Waals surface area contributed by atoms with Gasteiger partial charge < -0.3 is 10.2 Å². The fourth-order valence-electron chi connectivity index (χ4n) is 4.98. The normalized spacial score (nSPS) is 14.5. The van der Waals surface area contributed by atoms with E-state index in [0.29, 0.717) is 11.3 Å². The zero-order chi connectivity index (χ0) is 28.9. The number of amides is 2. The van der Waals surface area contributed by atoms with E-state index < -0.39 is 34.3 Å². The Hall–Kier alpha value is -3.72. The highest BCUT2D eigenvalue weighted by Crippen LogP contribution is 2.28. The van der Waals surface area contributed by atoms with Gasteiger partial charge in [-0.1, -0.05) is 66.9 Å². The van der Waals surface area contributed by atoms with E-state index in [1.54, 1.807) is 68.4 Å². The molecule has 1 aliphatic carbocycles. The van der Waals surface area contributed by atoms with Crippen LogP contribution in [0, 0.1) is 19.7 Å². The first-order chi connectivity index (χ1) is 19.1. The lowest BCUT2D eigenvalue weighted by Gasteiger charge is -2.33. The van der Waals surface area contributed by atoms with Crippen molar-refractivity contribution in [2.75, 3.05) is 10.8 Å². The molecule has 0 aliphatic heterocycles. The number of halogens is 1. The summed E-state index contributed by atoms with van der Waals surface area (Å²) in [6.07, 6.45) is 3.80. The second kappa shape index (κ2) is 12.6. The zero-order valence-corrected chi connectivity index (χ0v) is 24.0. The summed E-state index contributed by atoms with van der Waals surface area (Å²) in [5, 5.41) is 3.01.